The number of aromatic nitrogens is 2. The summed E-state index contributed by atoms with van der Waals surface area (Å²) in [6, 6.07) is 6.66. The summed E-state index contributed by atoms with van der Waals surface area (Å²) in [6.45, 7) is 0.290. The average Bonchev–Trinajstić information content (AvgIpc) is 3.23. The van der Waals surface area contributed by atoms with Crippen LogP contribution in [0.5, 0.6) is 11.5 Å². The summed E-state index contributed by atoms with van der Waals surface area (Å²) in [4.78, 5) is 13.6. The number of hydrogen-bond acceptors (Lipinski definition) is 8. The van der Waals surface area contributed by atoms with Gasteiger partial charge in [0.1, 0.15) is 28.5 Å². The molecule has 33 heavy (non-hydrogen) atoms. The van der Waals surface area contributed by atoms with Gasteiger partial charge in [-0.2, -0.15) is 4.37 Å². The monoisotopic (exact) mass is 534 g/mol. The molecule has 1 heterocycles. The van der Waals surface area contributed by atoms with Crippen molar-refractivity contribution in [1.29, 1.82) is 0 Å². The Bertz CT molecular complexity index is 1240. The summed E-state index contributed by atoms with van der Waals surface area (Å²) in [7, 11) is -4.29. The number of carboxylic acid groups (broad SMARTS) is 1. The lowest BCUT2D eigenvalue weighted by Gasteiger charge is -2.14. The van der Waals surface area contributed by atoms with Gasteiger partial charge < -0.3 is 15.2 Å². The number of carbonyl (C=O) groups is 1. The fourth-order valence-corrected chi connectivity index (χ4v) is 4.95. The highest BCUT2D eigenvalue weighted by Crippen LogP contribution is 2.36. The molecule has 0 fully saturated rings. The van der Waals surface area contributed by atoms with E-state index in [9.17, 15) is 17.6 Å². The van der Waals surface area contributed by atoms with Crippen molar-refractivity contribution >= 4 is 55.9 Å². The van der Waals surface area contributed by atoms with E-state index in [0.717, 1.165) is 30.0 Å². The van der Waals surface area contributed by atoms with E-state index < -0.39 is 26.7 Å². The molecule has 0 amide bonds. The lowest BCUT2D eigenvalue weighted by atomic mass is 10.1. The molecule has 0 unspecified atom stereocenters. The highest BCUT2D eigenvalue weighted by atomic mass is 35.5. The normalized spacial score (nSPS) is 11.4. The fourth-order valence-electron chi connectivity index (χ4n) is 2.74. The van der Waals surface area contributed by atoms with Crippen LogP contribution < -0.4 is 14.8 Å². The third-order valence-electron chi connectivity index (χ3n) is 4.18. The Kier molecular flexibility index (Phi) is 8.43. The highest BCUT2D eigenvalue weighted by molar-refractivity contribution is 7.93. The number of anilines is 1. The van der Waals surface area contributed by atoms with Crippen LogP contribution in [0.3, 0.4) is 0 Å². The predicted octanol–water partition coefficient (Wildman–Crippen LogP) is 4.18. The van der Waals surface area contributed by atoms with Gasteiger partial charge in [-0.3, -0.25) is 9.52 Å². The molecule has 14 heteroatoms. The van der Waals surface area contributed by atoms with Crippen LogP contribution in [0.1, 0.15) is 12.0 Å². The quantitative estimate of drug-likeness (QED) is 0.312. The third kappa shape index (κ3) is 6.98. The molecule has 0 bridgehead atoms. The zero-order chi connectivity index (χ0) is 24.0. The van der Waals surface area contributed by atoms with Gasteiger partial charge in [0, 0.05) is 22.6 Å². The van der Waals surface area contributed by atoms with E-state index in [-0.39, 0.29) is 22.4 Å². The van der Waals surface area contributed by atoms with E-state index in [2.05, 4.69) is 19.4 Å². The number of ether oxygens (including phenoxy) is 1. The molecule has 0 atom stereocenters. The Balaban J connectivity index is 1.78. The number of sulfonamides is 1. The van der Waals surface area contributed by atoms with Crippen LogP contribution in [0, 0.1) is 5.82 Å². The zero-order valence-electron chi connectivity index (χ0n) is 16.7. The summed E-state index contributed by atoms with van der Waals surface area (Å²) in [5, 5.41) is 11.8. The van der Waals surface area contributed by atoms with Crippen molar-refractivity contribution in [2.75, 3.05) is 17.8 Å². The van der Waals surface area contributed by atoms with E-state index in [1.54, 1.807) is 18.2 Å². The molecule has 0 spiro atoms. The maximum absolute atomic E-state index is 14.7. The smallest absolute Gasteiger partial charge is 0.317 e. The van der Waals surface area contributed by atoms with Crippen molar-refractivity contribution in [3.05, 3.63) is 58.1 Å². The number of halogens is 3. The van der Waals surface area contributed by atoms with Crippen molar-refractivity contribution in [2.45, 2.75) is 17.7 Å². The molecular formula is C19H17Cl2FN4O5S2. The van der Waals surface area contributed by atoms with Crippen LogP contribution in [0.25, 0.3) is 0 Å². The minimum atomic E-state index is -4.29. The predicted molar refractivity (Wildman–Crippen MR) is 122 cm³/mol. The molecule has 0 aliphatic rings. The number of benzene rings is 2. The first kappa shape index (κ1) is 25.1. The fraction of sp³-hybridized carbons (Fsp3) is 0.211. The molecule has 0 saturated heterocycles. The minimum Gasteiger partial charge on any atom is -0.480 e. The Morgan fingerprint density at radius 1 is 1.21 bits per heavy atom. The molecule has 3 aromatic rings. The highest BCUT2D eigenvalue weighted by Gasteiger charge is 2.23. The summed E-state index contributed by atoms with van der Waals surface area (Å²) < 4.78 is 51.2. The number of hydrogen-bond donors (Lipinski definition) is 3. The molecule has 0 radical (unpaired) electrons. The second-order valence-corrected chi connectivity index (χ2v) is 9.87. The number of aryl methyl sites for hydroxylation is 1. The Hall–Kier alpha value is -2.51. The van der Waals surface area contributed by atoms with Crippen molar-refractivity contribution < 1.29 is 27.4 Å². The molecule has 0 saturated carbocycles. The van der Waals surface area contributed by atoms with E-state index in [4.69, 9.17) is 33.0 Å². The van der Waals surface area contributed by atoms with Crippen molar-refractivity contribution in [1.82, 2.24) is 14.7 Å². The molecule has 3 rings (SSSR count). The molecule has 1 aromatic heterocycles. The van der Waals surface area contributed by atoms with Gasteiger partial charge in [-0.15, -0.1) is 0 Å². The van der Waals surface area contributed by atoms with Gasteiger partial charge in [-0.1, -0.05) is 23.2 Å². The molecule has 9 nitrogen and oxygen atoms in total. The van der Waals surface area contributed by atoms with Gasteiger partial charge >= 0.3 is 5.97 Å². The van der Waals surface area contributed by atoms with Crippen molar-refractivity contribution in [2.24, 2.45) is 0 Å². The largest absolute Gasteiger partial charge is 0.480 e. The first-order valence-corrected chi connectivity index (χ1v) is 12.3. The van der Waals surface area contributed by atoms with Gasteiger partial charge in [0.2, 0.25) is 5.13 Å². The molecule has 0 aliphatic carbocycles. The Morgan fingerprint density at radius 2 is 2.00 bits per heavy atom. The van der Waals surface area contributed by atoms with Crippen molar-refractivity contribution in [3.8, 4) is 11.5 Å². The lowest BCUT2D eigenvalue weighted by molar-refractivity contribution is -0.135. The van der Waals surface area contributed by atoms with Gasteiger partial charge in [-0.25, -0.2) is 17.8 Å². The maximum Gasteiger partial charge on any atom is 0.317 e. The summed E-state index contributed by atoms with van der Waals surface area (Å²) in [5.74, 6) is -1.76. The number of rotatable bonds is 11. The minimum absolute atomic E-state index is 0.0190. The van der Waals surface area contributed by atoms with Gasteiger partial charge in [0.05, 0.1) is 11.6 Å². The van der Waals surface area contributed by atoms with E-state index in [1.165, 1.54) is 0 Å². The Morgan fingerprint density at radius 3 is 2.70 bits per heavy atom. The van der Waals surface area contributed by atoms with Gasteiger partial charge in [-0.05, 0) is 49.2 Å². The molecule has 0 aliphatic heterocycles. The van der Waals surface area contributed by atoms with Gasteiger partial charge in [0.15, 0.2) is 0 Å². The van der Waals surface area contributed by atoms with E-state index in [1.807, 2.05) is 0 Å². The molecule has 3 N–H and O–H groups in total. The first-order valence-electron chi connectivity index (χ1n) is 9.33. The SMILES string of the molecule is O=C(O)CNCCCc1cc(Cl)ccc1Oc1cc(F)c(S(=O)(=O)Nc2ncns2)cc1Cl. The standard InChI is InChI=1S/C19H17Cl2FN4O5S2/c20-12-3-4-15(11(6-12)2-1-5-23-9-18(27)28)31-16-8-14(22)17(7-13(16)21)33(29,30)26-19-24-10-25-32-19/h3-4,6-8,10,23H,1-2,5,9H2,(H,27,28)(H,24,25,26). The topological polar surface area (TPSA) is 131 Å². The van der Waals surface area contributed by atoms with Crippen molar-refractivity contribution in [3.63, 3.8) is 0 Å². The number of nitrogens with one attached hydrogen (secondary N) is 2. The van der Waals surface area contributed by atoms with Crippen LogP contribution >= 0.6 is 34.7 Å². The average molecular weight is 535 g/mol. The second kappa shape index (κ2) is 11.1. The second-order valence-electron chi connectivity index (χ2n) is 6.59. The molecule has 2 aromatic carbocycles. The maximum atomic E-state index is 14.7. The Labute approximate surface area is 202 Å². The lowest BCUT2D eigenvalue weighted by Crippen LogP contribution is -2.23. The summed E-state index contributed by atoms with van der Waals surface area (Å²) in [6.07, 6.45) is 2.23. The number of nitrogens with zero attached hydrogens (tertiary/aromatic N) is 2. The van der Waals surface area contributed by atoms with Gasteiger partial charge in [0.25, 0.3) is 10.0 Å². The van der Waals surface area contributed by atoms with Crippen LogP contribution in [0.15, 0.2) is 41.6 Å². The zero-order valence-corrected chi connectivity index (χ0v) is 19.9. The summed E-state index contributed by atoms with van der Waals surface area (Å²) >= 11 is 13.1. The number of aliphatic carboxylic acids is 1. The first-order chi connectivity index (χ1) is 15.7. The molecule has 176 valence electrons. The van der Waals surface area contributed by atoms with Crippen LogP contribution in [0.2, 0.25) is 10.0 Å². The van der Waals surface area contributed by atoms with Crippen LogP contribution in [0.4, 0.5) is 9.52 Å². The van der Waals surface area contributed by atoms with Crippen LogP contribution in [-0.2, 0) is 21.2 Å². The third-order valence-corrected chi connectivity index (χ3v) is 6.77. The summed E-state index contributed by atoms with van der Waals surface area (Å²) in [5.41, 5.74) is 0.686. The molecular weight excluding hydrogens is 518 g/mol. The van der Waals surface area contributed by atoms with E-state index >= 15 is 0 Å². The number of carboxylic acids is 1. The van der Waals surface area contributed by atoms with E-state index in [0.29, 0.717) is 35.7 Å². The van der Waals surface area contributed by atoms with Crippen LogP contribution in [-0.4, -0.2) is 41.9 Å².